The van der Waals surface area contributed by atoms with Crippen LogP contribution in [-0.2, 0) is 9.53 Å². The molecule has 0 heterocycles. The average Bonchev–Trinajstić information content (AvgIpc) is 2.26. The van der Waals surface area contributed by atoms with Gasteiger partial charge in [-0.25, -0.2) is 4.79 Å². The van der Waals surface area contributed by atoms with Gasteiger partial charge in [0.1, 0.15) is 0 Å². The molecule has 2 nitrogen and oxygen atoms in total. The molecule has 1 radical (unpaired) electrons. The summed E-state index contributed by atoms with van der Waals surface area (Å²) in [6.45, 7) is 4.24. The summed E-state index contributed by atoms with van der Waals surface area (Å²) < 4.78 is 4.50. The lowest BCUT2D eigenvalue weighted by molar-refractivity contribution is 0.268. The number of unbranched alkanes of at least 4 members (excludes halogenated alkanes) is 9. The summed E-state index contributed by atoms with van der Waals surface area (Å²) in [5, 5.41) is 0. The van der Waals surface area contributed by atoms with Crippen LogP contribution in [0.5, 0.6) is 0 Å². The molecular weight excluding hydrogens is 188 g/mol. The monoisotopic (exact) mass is 213 g/mol. The van der Waals surface area contributed by atoms with Gasteiger partial charge < -0.3 is 4.74 Å². The quantitative estimate of drug-likeness (QED) is 0.458. The van der Waals surface area contributed by atoms with E-state index in [1.165, 1.54) is 64.3 Å². The predicted octanol–water partition coefficient (Wildman–Crippen LogP) is 3.99. The first kappa shape index (κ1) is 14.5. The molecule has 15 heavy (non-hydrogen) atoms. The van der Waals surface area contributed by atoms with Crippen LogP contribution in [0.3, 0.4) is 0 Å². The van der Waals surface area contributed by atoms with Crippen LogP contribution >= 0.6 is 0 Å². The number of rotatable bonds is 12. The number of hydrogen-bond donors (Lipinski definition) is 0. The summed E-state index contributed by atoms with van der Waals surface area (Å²) in [6.07, 6.45) is 13.0. The normalized spacial score (nSPS) is 10.2. The highest BCUT2D eigenvalue weighted by Gasteiger charge is 1.92. The highest BCUT2D eigenvalue weighted by Crippen LogP contribution is 2.10. The minimum Gasteiger partial charge on any atom is -0.457 e. The van der Waals surface area contributed by atoms with Crippen molar-refractivity contribution in [3.05, 3.63) is 0 Å². The van der Waals surface area contributed by atoms with Crippen molar-refractivity contribution in [2.24, 2.45) is 0 Å². The Hall–Kier alpha value is -0.530. The molecule has 0 aliphatic heterocycles. The Morgan fingerprint density at radius 2 is 1.27 bits per heavy atom. The summed E-state index contributed by atoms with van der Waals surface area (Å²) in [4.78, 5) is 9.72. The molecule has 89 valence electrons. The minimum absolute atomic E-state index is 0.542. The molecule has 0 rings (SSSR count). The Morgan fingerprint density at radius 3 is 1.73 bits per heavy atom. The Kier molecular flexibility index (Phi) is 13.0. The summed E-state index contributed by atoms with van der Waals surface area (Å²) >= 11 is 0. The lowest BCUT2D eigenvalue weighted by Gasteiger charge is -2.01. The fraction of sp³-hybridized carbons (Fsp3) is 0.923. The predicted molar refractivity (Wildman–Crippen MR) is 63.5 cm³/mol. The lowest BCUT2D eigenvalue weighted by Crippen LogP contribution is -1.91. The summed E-state index contributed by atoms with van der Waals surface area (Å²) in [7, 11) is 0. The maximum Gasteiger partial charge on any atom is 0.417 e. The summed E-state index contributed by atoms with van der Waals surface area (Å²) in [5.41, 5.74) is 0. The van der Waals surface area contributed by atoms with Gasteiger partial charge in [-0.15, -0.1) is 0 Å². The third-order valence-corrected chi connectivity index (χ3v) is 2.66. The third-order valence-electron chi connectivity index (χ3n) is 2.66. The largest absolute Gasteiger partial charge is 0.457 e. The number of carbonyl (C=O) groups excluding carboxylic acids is 1. The number of ether oxygens (including phenoxy) is 1. The Balaban J connectivity index is 2.83. The minimum atomic E-state index is 0.542. The molecule has 0 fully saturated rings. The van der Waals surface area contributed by atoms with E-state index in [9.17, 15) is 4.79 Å². The number of hydrogen-bond acceptors (Lipinski definition) is 2. The Morgan fingerprint density at radius 1 is 0.800 bits per heavy atom. The Bertz CT molecular complexity index is 124. The van der Waals surface area contributed by atoms with Crippen molar-refractivity contribution in [1.82, 2.24) is 0 Å². The van der Waals surface area contributed by atoms with Crippen molar-refractivity contribution in [3.63, 3.8) is 0 Å². The molecule has 0 unspecified atom stereocenters. The summed E-state index contributed by atoms with van der Waals surface area (Å²) in [5.74, 6) is 0. The molecule has 0 aromatic carbocycles. The van der Waals surface area contributed by atoms with Crippen LogP contribution in [0.15, 0.2) is 0 Å². The molecule has 0 spiro atoms. The van der Waals surface area contributed by atoms with Crippen molar-refractivity contribution < 1.29 is 9.53 Å². The first-order chi connectivity index (χ1) is 7.41. The van der Waals surface area contributed by atoms with Crippen LogP contribution < -0.4 is 0 Å². The average molecular weight is 213 g/mol. The van der Waals surface area contributed by atoms with Crippen molar-refractivity contribution >= 4 is 6.47 Å². The lowest BCUT2D eigenvalue weighted by atomic mass is 10.1. The van der Waals surface area contributed by atoms with Crippen molar-refractivity contribution in [1.29, 1.82) is 0 Å². The van der Waals surface area contributed by atoms with Crippen molar-refractivity contribution in [3.8, 4) is 0 Å². The molecule has 0 atom stereocenters. The second-order valence-corrected chi connectivity index (χ2v) is 4.11. The van der Waals surface area contributed by atoms with E-state index in [0.717, 1.165) is 6.42 Å². The zero-order valence-electron chi connectivity index (χ0n) is 10.1. The topological polar surface area (TPSA) is 26.3 Å². The molecule has 0 aromatic heterocycles. The molecule has 0 saturated carbocycles. The van der Waals surface area contributed by atoms with Gasteiger partial charge in [-0.3, -0.25) is 0 Å². The van der Waals surface area contributed by atoms with Gasteiger partial charge in [-0.1, -0.05) is 64.7 Å². The maximum atomic E-state index is 9.72. The van der Waals surface area contributed by atoms with Gasteiger partial charge in [0.25, 0.3) is 0 Å². The van der Waals surface area contributed by atoms with E-state index < -0.39 is 0 Å². The van der Waals surface area contributed by atoms with E-state index >= 15 is 0 Å². The van der Waals surface area contributed by atoms with E-state index in [4.69, 9.17) is 0 Å². The molecular formula is C13H25O2. The van der Waals surface area contributed by atoms with Crippen LogP contribution in [0, 0.1) is 0 Å². The highest BCUT2D eigenvalue weighted by molar-refractivity contribution is 5.37. The SMILES string of the molecule is CCCCCCCCCCCCO[C]=O. The van der Waals surface area contributed by atoms with E-state index in [1.807, 2.05) is 0 Å². The summed E-state index contributed by atoms with van der Waals surface area (Å²) in [6, 6.07) is 0. The molecule has 0 bridgehead atoms. The second kappa shape index (κ2) is 13.5. The van der Waals surface area contributed by atoms with E-state index in [0.29, 0.717) is 6.61 Å². The Labute approximate surface area is 94.4 Å². The van der Waals surface area contributed by atoms with Crippen LogP contribution in [-0.4, -0.2) is 13.1 Å². The first-order valence-corrected chi connectivity index (χ1v) is 6.40. The molecule has 0 amide bonds. The van der Waals surface area contributed by atoms with Gasteiger partial charge >= 0.3 is 6.47 Å². The first-order valence-electron chi connectivity index (χ1n) is 6.40. The van der Waals surface area contributed by atoms with Gasteiger partial charge in [0, 0.05) is 0 Å². The van der Waals surface area contributed by atoms with Crippen molar-refractivity contribution in [2.45, 2.75) is 71.1 Å². The van der Waals surface area contributed by atoms with Crippen molar-refractivity contribution in [2.75, 3.05) is 6.61 Å². The fourth-order valence-electron chi connectivity index (χ4n) is 1.70. The van der Waals surface area contributed by atoms with Gasteiger partial charge in [-0.2, -0.15) is 0 Å². The van der Waals surface area contributed by atoms with Gasteiger partial charge in [0.05, 0.1) is 6.61 Å². The third kappa shape index (κ3) is 13.5. The fourth-order valence-corrected chi connectivity index (χ4v) is 1.70. The standard InChI is InChI=1S/C13H25O2/c1-2-3-4-5-6-7-8-9-10-11-12-15-13-14/h2-12H2,1H3. The molecule has 0 aromatic rings. The van der Waals surface area contributed by atoms with Gasteiger partial charge in [0.2, 0.25) is 0 Å². The molecule has 0 aliphatic rings. The molecule has 2 heteroatoms. The highest BCUT2D eigenvalue weighted by atomic mass is 16.5. The second-order valence-electron chi connectivity index (χ2n) is 4.11. The zero-order chi connectivity index (χ0) is 11.2. The molecule has 0 saturated heterocycles. The maximum absolute atomic E-state index is 9.72. The van der Waals surface area contributed by atoms with Gasteiger partial charge in [0.15, 0.2) is 0 Å². The van der Waals surface area contributed by atoms with E-state index in [1.54, 1.807) is 0 Å². The smallest absolute Gasteiger partial charge is 0.417 e. The van der Waals surface area contributed by atoms with Gasteiger partial charge in [-0.05, 0) is 6.42 Å². The van der Waals surface area contributed by atoms with Crippen LogP contribution in [0.4, 0.5) is 0 Å². The molecule has 0 N–H and O–H groups in total. The van der Waals surface area contributed by atoms with Crippen LogP contribution in [0.25, 0.3) is 0 Å². The zero-order valence-corrected chi connectivity index (χ0v) is 10.1. The van der Waals surface area contributed by atoms with E-state index in [-0.39, 0.29) is 0 Å². The van der Waals surface area contributed by atoms with Crippen LogP contribution in [0.2, 0.25) is 0 Å². The molecule has 0 aliphatic carbocycles. The van der Waals surface area contributed by atoms with Crippen LogP contribution in [0.1, 0.15) is 71.1 Å². The van der Waals surface area contributed by atoms with E-state index in [2.05, 4.69) is 11.7 Å².